The van der Waals surface area contributed by atoms with Crippen LogP contribution in [0.1, 0.15) is 32.6 Å². The highest BCUT2D eigenvalue weighted by Gasteiger charge is 2.82. The fraction of sp³-hybridized carbons (Fsp3) is 0.800. The molecule has 14 heteroatoms. The van der Waals surface area contributed by atoms with Gasteiger partial charge in [0.05, 0.1) is 0 Å². The minimum atomic E-state index is -7.03. The van der Waals surface area contributed by atoms with E-state index in [0.717, 1.165) is 6.92 Å². The Morgan fingerprint density at radius 3 is 1.62 bits per heavy atom. The predicted octanol–water partition coefficient (Wildman–Crippen LogP) is 6.07. The molecule has 0 bridgehead atoms. The molecule has 0 N–H and O–H groups in total. The number of rotatable bonds is 5. The molecule has 1 aliphatic rings. The highest BCUT2D eigenvalue weighted by atomic mass is 19.4. The van der Waals surface area contributed by atoms with E-state index in [0.29, 0.717) is 0 Å². The first kappa shape index (κ1) is 25.4. The smallest absolute Gasteiger partial charge is 0.456 e. The molecule has 0 atom stereocenters. The van der Waals surface area contributed by atoms with E-state index in [4.69, 9.17) is 0 Å². The summed E-state index contributed by atoms with van der Waals surface area (Å²) in [5.74, 6) is -24.2. The van der Waals surface area contributed by atoms with E-state index in [9.17, 15) is 57.5 Å². The van der Waals surface area contributed by atoms with Crippen molar-refractivity contribution in [3.05, 3.63) is 12.2 Å². The van der Waals surface area contributed by atoms with Crippen LogP contribution in [0.5, 0.6) is 0 Å². The van der Waals surface area contributed by atoms with Gasteiger partial charge < -0.3 is 4.74 Å². The van der Waals surface area contributed by atoms with Crippen LogP contribution in [0.2, 0.25) is 0 Å². The SMILES string of the molecule is C=C(C(=O)OC1(C)CCC(C(F)(F)C(F)(F)C(F)(F)C(F)(F)F)CC1)C(F)(F)F. The minimum absolute atomic E-state index is 0.780. The lowest BCUT2D eigenvalue weighted by Gasteiger charge is -2.42. The summed E-state index contributed by atoms with van der Waals surface area (Å²) in [5.41, 5.74) is -3.79. The van der Waals surface area contributed by atoms with Crippen molar-refractivity contribution in [1.82, 2.24) is 0 Å². The van der Waals surface area contributed by atoms with E-state index in [1.807, 2.05) is 0 Å². The molecule has 1 aliphatic carbocycles. The normalized spacial score (nSPS) is 24.9. The molecular formula is C15H14F12O2. The monoisotopic (exact) mass is 454 g/mol. The molecule has 0 heterocycles. The maximum Gasteiger partial charge on any atom is 0.460 e. The molecule has 0 aliphatic heterocycles. The zero-order chi connectivity index (χ0) is 23.3. The summed E-state index contributed by atoms with van der Waals surface area (Å²) in [5, 5.41) is 0. The van der Waals surface area contributed by atoms with Gasteiger partial charge in [-0.2, -0.15) is 52.7 Å². The summed E-state index contributed by atoms with van der Waals surface area (Å²) in [4.78, 5) is 11.4. The van der Waals surface area contributed by atoms with Gasteiger partial charge in [0.15, 0.2) is 0 Å². The van der Waals surface area contributed by atoms with Crippen molar-refractivity contribution in [3.63, 3.8) is 0 Å². The summed E-state index contributed by atoms with van der Waals surface area (Å²) >= 11 is 0. The van der Waals surface area contributed by atoms with E-state index >= 15 is 0 Å². The Balaban J connectivity index is 2.95. The van der Waals surface area contributed by atoms with E-state index in [-0.39, 0.29) is 0 Å². The lowest BCUT2D eigenvalue weighted by atomic mass is 9.75. The Labute approximate surface area is 155 Å². The Morgan fingerprint density at radius 2 is 1.28 bits per heavy atom. The van der Waals surface area contributed by atoms with Crippen LogP contribution in [-0.4, -0.2) is 41.7 Å². The standard InChI is InChI=1S/C15H14F12O2/c1-7(12(18,19)20)9(28)29-10(2)5-3-8(4-6-10)11(16,17)13(21,22)14(23,24)15(25,26)27/h8H,1,3-6H2,2H3. The Bertz CT molecular complexity index is 639. The van der Waals surface area contributed by atoms with Crippen molar-refractivity contribution >= 4 is 5.97 Å². The van der Waals surface area contributed by atoms with Gasteiger partial charge in [-0.3, -0.25) is 0 Å². The van der Waals surface area contributed by atoms with Crippen LogP contribution in [0.15, 0.2) is 12.2 Å². The molecule has 0 aromatic rings. The summed E-state index contributed by atoms with van der Waals surface area (Å²) in [7, 11) is 0. The Kier molecular flexibility index (Phi) is 6.36. The van der Waals surface area contributed by atoms with Crippen LogP contribution in [0.4, 0.5) is 52.7 Å². The average Bonchev–Trinajstić information content (AvgIpc) is 2.51. The molecule has 0 unspecified atom stereocenters. The van der Waals surface area contributed by atoms with Gasteiger partial charge in [0.25, 0.3) is 0 Å². The number of esters is 1. The van der Waals surface area contributed by atoms with Crippen molar-refractivity contribution in [2.75, 3.05) is 0 Å². The zero-order valence-electron chi connectivity index (χ0n) is 14.5. The average molecular weight is 454 g/mol. The van der Waals surface area contributed by atoms with Gasteiger partial charge in [-0.1, -0.05) is 6.58 Å². The van der Waals surface area contributed by atoms with Gasteiger partial charge in [0.2, 0.25) is 0 Å². The van der Waals surface area contributed by atoms with Gasteiger partial charge >= 0.3 is 36.1 Å². The van der Waals surface area contributed by atoms with Crippen molar-refractivity contribution < 1.29 is 62.2 Å². The number of hydrogen-bond donors (Lipinski definition) is 0. The van der Waals surface area contributed by atoms with Crippen LogP contribution >= 0.6 is 0 Å². The first-order valence-electron chi connectivity index (χ1n) is 7.80. The number of hydrogen-bond acceptors (Lipinski definition) is 2. The molecule has 0 aromatic carbocycles. The lowest BCUT2D eigenvalue weighted by Crippen LogP contribution is -2.63. The lowest BCUT2D eigenvalue weighted by molar-refractivity contribution is -0.404. The van der Waals surface area contributed by atoms with Crippen molar-refractivity contribution in [2.45, 2.75) is 68.3 Å². The van der Waals surface area contributed by atoms with Crippen LogP contribution in [-0.2, 0) is 9.53 Å². The first-order chi connectivity index (χ1) is 12.6. The Morgan fingerprint density at radius 1 is 0.862 bits per heavy atom. The van der Waals surface area contributed by atoms with Crippen LogP contribution in [0, 0.1) is 5.92 Å². The van der Waals surface area contributed by atoms with Crippen molar-refractivity contribution in [2.24, 2.45) is 5.92 Å². The third-order valence-corrected chi connectivity index (χ3v) is 4.65. The molecule has 29 heavy (non-hydrogen) atoms. The molecular weight excluding hydrogens is 440 g/mol. The third kappa shape index (κ3) is 4.60. The molecule has 0 aromatic heterocycles. The van der Waals surface area contributed by atoms with Crippen LogP contribution in [0.3, 0.4) is 0 Å². The maximum atomic E-state index is 13.9. The molecule has 2 nitrogen and oxygen atoms in total. The molecule has 170 valence electrons. The predicted molar refractivity (Wildman–Crippen MR) is 72.5 cm³/mol. The van der Waals surface area contributed by atoms with Gasteiger partial charge in [0, 0.05) is 5.92 Å². The fourth-order valence-electron chi connectivity index (χ4n) is 2.74. The quantitative estimate of drug-likeness (QED) is 0.287. The summed E-state index contributed by atoms with van der Waals surface area (Å²) in [6.45, 7) is 3.43. The van der Waals surface area contributed by atoms with Gasteiger partial charge in [0.1, 0.15) is 11.2 Å². The van der Waals surface area contributed by atoms with Crippen molar-refractivity contribution in [1.29, 1.82) is 0 Å². The number of carbonyl (C=O) groups excluding carboxylic acids is 1. The van der Waals surface area contributed by atoms with Crippen LogP contribution in [0.25, 0.3) is 0 Å². The highest BCUT2D eigenvalue weighted by Crippen LogP contribution is 2.57. The van der Waals surface area contributed by atoms with E-state index < -0.39 is 78.9 Å². The van der Waals surface area contributed by atoms with E-state index in [1.165, 1.54) is 0 Å². The first-order valence-corrected chi connectivity index (χ1v) is 7.80. The molecule has 1 fully saturated rings. The topological polar surface area (TPSA) is 26.3 Å². The molecule has 1 saturated carbocycles. The van der Waals surface area contributed by atoms with E-state index in [2.05, 4.69) is 11.3 Å². The number of alkyl halides is 12. The fourth-order valence-corrected chi connectivity index (χ4v) is 2.74. The van der Waals surface area contributed by atoms with E-state index in [1.54, 1.807) is 0 Å². The summed E-state index contributed by atoms with van der Waals surface area (Å²) < 4.78 is 159. The second-order valence-electron chi connectivity index (χ2n) is 6.86. The number of carbonyl (C=O) groups is 1. The molecule has 1 rings (SSSR count). The number of ether oxygens (including phenoxy) is 1. The summed E-state index contributed by atoms with van der Waals surface area (Å²) in [6.07, 6.45) is -15.9. The Hall–Kier alpha value is -1.63. The number of halogens is 12. The van der Waals surface area contributed by atoms with Gasteiger partial charge in [-0.15, -0.1) is 0 Å². The maximum absolute atomic E-state index is 13.9. The minimum Gasteiger partial charge on any atom is -0.456 e. The van der Waals surface area contributed by atoms with Gasteiger partial charge in [-0.05, 0) is 32.6 Å². The molecule has 0 amide bonds. The third-order valence-electron chi connectivity index (χ3n) is 4.65. The van der Waals surface area contributed by atoms with Gasteiger partial charge in [-0.25, -0.2) is 4.79 Å². The second kappa shape index (κ2) is 7.25. The highest BCUT2D eigenvalue weighted by molar-refractivity contribution is 5.89. The van der Waals surface area contributed by atoms with Crippen LogP contribution < -0.4 is 0 Å². The summed E-state index contributed by atoms with van der Waals surface area (Å²) in [6, 6.07) is 0. The largest absolute Gasteiger partial charge is 0.460 e. The molecule has 0 radical (unpaired) electrons. The second-order valence-corrected chi connectivity index (χ2v) is 6.86. The molecule has 0 saturated heterocycles. The zero-order valence-corrected chi connectivity index (χ0v) is 14.5. The van der Waals surface area contributed by atoms with Crippen molar-refractivity contribution in [3.8, 4) is 0 Å². The molecule has 0 spiro atoms.